The van der Waals surface area contributed by atoms with Gasteiger partial charge in [0.15, 0.2) is 6.73 Å². The van der Waals surface area contributed by atoms with Crippen LogP contribution in [0.2, 0.25) is 25.2 Å². The van der Waals surface area contributed by atoms with Gasteiger partial charge in [-0.05, 0) is 39.3 Å². The monoisotopic (exact) mass is 579 g/mol. The van der Waals surface area contributed by atoms with E-state index in [1.165, 1.54) is 0 Å². The van der Waals surface area contributed by atoms with E-state index in [-0.39, 0.29) is 31.2 Å². The molecule has 2 aliphatic rings. The highest BCUT2D eigenvalue weighted by Crippen LogP contribution is 2.34. The molecule has 12 heteroatoms. The zero-order valence-electron chi connectivity index (χ0n) is 24.7. The Bertz CT molecular complexity index is 1220. The minimum absolute atomic E-state index is 0.0957. The molecule has 9 nitrogen and oxygen atoms in total. The van der Waals surface area contributed by atoms with Crippen molar-refractivity contribution in [3.8, 4) is 0 Å². The highest BCUT2D eigenvalue weighted by molar-refractivity contribution is 6.80. The number of hydrogen-bond acceptors (Lipinski definition) is 7. The summed E-state index contributed by atoms with van der Waals surface area (Å²) < 4.78 is 43.2. The minimum Gasteiger partial charge on any atom is -0.444 e. The highest BCUT2D eigenvalue weighted by atomic mass is 28.3. The number of benzene rings is 1. The number of hydrogen-bond donors (Lipinski definition) is 0. The Morgan fingerprint density at radius 2 is 1.80 bits per heavy atom. The van der Waals surface area contributed by atoms with Gasteiger partial charge in [0.2, 0.25) is 0 Å². The molecule has 2 aliphatic heterocycles. The molecule has 1 aromatic carbocycles. The Labute approximate surface area is 236 Å². The normalized spacial score (nSPS) is 21.4. The van der Waals surface area contributed by atoms with E-state index in [2.05, 4.69) is 29.5 Å². The summed E-state index contributed by atoms with van der Waals surface area (Å²) in [6.45, 7) is 15.4. The van der Waals surface area contributed by atoms with Gasteiger partial charge in [0.1, 0.15) is 11.1 Å². The molecule has 0 bridgehead atoms. The summed E-state index contributed by atoms with van der Waals surface area (Å²) in [7, 11) is -1.66. The van der Waals surface area contributed by atoms with E-state index in [4.69, 9.17) is 9.47 Å². The maximum atomic E-state index is 15.2. The van der Waals surface area contributed by atoms with Gasteiger partial charge in [0, 0.05) is 38.3 Å². The quantitative estimate of drug-likeness (QED) is 0.351. The van der Waals surface area contributed by atoms with E-state index in [0.717, 1.165) is 21.6 Å². The molecule has 40 heavy (non-hydrogen) atoms. The third-order valence-electron chi connectivity index (χ3n) is 7.94. The Morgan fingerprint density at radius 3 is 2.40 bits per heavy atom. The van der Waals surface area contributed by atoms with Gasteiger partial charge in [-0.15, -0.1) is 0 Å². The Hall–Kier alpha value is -2.73. The lowest BCUT2D eigenvalue weighted by Crippen LogP contribution is -2.62. The average molecular weight is 580 g/mol. The largest absolute Gasteiger partial charge is 0.444 e. The molecule has 1 aromatic heterocycles. The maximum Gasteiger partial charge on any atom is 0.410 e. The summed E-state index contributed by atoms with van der Waals surface area (Å²) >= 11 is 0. The van der Waals surface area contributed by atoms with Gasteiger partial charge < -0.3 is 19.3 Å². The van der Waals surface area contributed by atoms with Gasteiger partial charge in [-0.2, -0.15) is 0 Å². The average Bonchev–Trinajstić information content (AvgIpc) is 3.28. The van der Waals surface area contributed by atoms with Crippen LogP contribution in [0.5, 0.6) is 0 Å². The predicted octanol–water partition coefficient (Wildman–Crippen LogP) is 5.03. The second-order valence-corrected chi connectivity index (χ2v) is 18.6. The van der Waals surface area contributed by atoms with Crippen molar-refractivity contribution < 1.29 is 27.8 Å². The number of piperazine rings is 1. The molecule has 0 saturated carbocycles. The third kappa shape index (κ3) is 6.76. The summed E-state index contributed by atoms with van der Waals surface area (Å²) in [5.41, 5.74) is 1.75. The number of nitrogens with zero attached hydrogens (tertiary/aromatic N) is 5. The fourth-order valence-corrected chi connectivity index (χ4v) is 5.97. The van der Waals surface area contributed by atoms with Crippen molar-refractivity contribution >= 4 is 36.9 Å². The van der Waals surface area contributed by atoms with E-state index < -0.39 is 38.3 Å². The molecule has 4 rings (SSSR count). The third-order valence-corrected chi connectivity index (χ3v) is 10.8. The molecule has 3 heterocycles. The zero-order chi connectivity index (χ0) is 29.5. The lowest BCUT2D eigenvalue weighted by molar-refractivity contribution is -0.147. The first kappa shape index (κ1) is 30.2. The van der Waals surface area contributed by atoms with Crippen molar-refractivity contribution in [3.05, 3.63) is 24.5 Å². The highest BCUT2D eigenvalue weighted by Gasteiger charge is 2.49. The van der Waals surface area contributed by atoms with Crippen LogP contribution in [0.3, 0.4) is 0 Å². The van der Waals surface area contributed by atoms with E-state index >= 15 is 8.78 Å². The number of ether oxygens (including phenoxy) is 2. The minimum atomic E-state index is -3.03. The molecule has 2 atom stereocenters. The standard InChI is InChI=1S/C28H43F2N5O4Si/c1-20(40(5,6)7)25(36)38-19-35-18-31-24-21(9-8-10-22(24)35)32-13-15-33(16-14-32)23-11-12-34(17-28(23,29)30)26(37)39-27(2,3)4/h8-10,18,20,23H,11-17,19H2,1-7H3/t20-,23-/m1/s1. The molecule has 0 N–H and O–H groups in total. The summed E-state index contributed by atoms with van der Waals surface area (Å²) in [5.74, 6) is -3.22. The molecular weight excluding hydrogens is 536 g/mol. The number of esters is 1. The number of carbonyl (C=O) groups excluding carboxylic acids is 2. The molecular formula is C28H43F2N5O4Si. The number of anilines is 1. The zero-order valence-corrected chi connectivity index (χ0v) is 25.7. The first-order valence-corrected chi connectivity index (χ1v) is 17.6. The van der Waals surface area contributed by atoms with Gasteiger partial charge in [0.25, 0.3) is 5.92 Å². The fraction of sp³-hybridized carbons (Fsp3) is 0.679. The van der Waals surface area contributed by atoms with Crippen molar-refractivity contribution in [2.45, 2.75) is 83.6 Å². The van der Waals surface area contributed by atoms with E-state index in [0.29, 0.717) is 26.2 Å². The van der Waals surface area contributed by atoms with Crippen LogP contribution >= 0.6 is 0 Å². The summed E-state index contributed by atoms with van der Waals surface area (Å²) in [6.07, 6.45) is 1.18. The van der Waals surface area contributed by atoms with E-state index in [1.54, 1.807) is 27.1 Å². The van der Waals surface area contributed by atoms with Gasteiger partial charge >= 0.3 is 12.1 Å². The molecule has 0 unspecified atom stereocenters. The van der Waals surface area contributed by atoms with Crippen LogP contribution in [-0.4, -0.2) is 96.3 Å². The number of alkyl halides is 2. The van der Waals surface area contributed by atoms with Crippen LogP contribution in [0.25, 0.3) is 11.0 Å². The Morgan fingerprint density at radius 1 is 1.12 bits per heavy atom. The topological polar surface area (TPSA) is 80.1 Å². The second kappa shape index (κ2) is 11.3. The summed E-state index contributed by atoms with van der Waals surface area (Å²) in [5, 5.41) is 0. The van der Waals surface area contributed by atoms with Crippen LogP contribution in [0.15, 0.2) is 24.5 Å². The fourth-order valence-electron chi connectivity index (χ4n) is 5.18. The maximum absolute atomic E-state index is 15.2. The first-order valence-electron chi connectivity index (χ1n) is 14.0. The molecule has 2 fully saturated rings. The number of fused-ring (bicyclic) bond motifs is 1. The predicted molar refractivity (Wildman–Crippen MR) is 154 cm³/mol. The number of amides is 1. The number of rotatable bonds is 6. The number of likely N-dealkylation sites (tertiary alicyclic amines) is 1. The molecule has 2 aromatic rings. The van der Waals surface area contributed by atoms with Crippen LogP contribution in [0.1, 0.15) is 34.1 Å². The number of carbonyl (C=O) groups is 2. The number of para-hydroxylation sites is 1. The molecule has 0 spiro atoms. The number of halogens is 2. The second-order valence-electron chi connectivity index (χ2n) is 13.0. The Kier molecular flexibility index (Phi) is 8.52. The van der Waals surface area contributed by atoms with Crippen molar-refractivity contribution in [3.63, 3.8) is 0 Å². The SMILES string of the molecule is C[C@H](C(=O)OCn1cnc2c(N3CCN([C@@H]4CCN(C(=O)OC(C)(C)C)CC4(F)F)CC3)cccc21)[Si](C)(C)C. The molecule has 0 aliphatic carbocycles. The summed E-state index contributed by atoms with van der Waals surface area (Å²) in [6, 6.07) is 4.95. The molecule has 2 saturated heterocycles. The van der Waals surface area contributed by atoms with Crippen molar-refractivity contribution in [1.82, 2.24) is 19.4 Å². The van der Waals surface area contributed by atoms with Crippen molar-refractivity contribution in [1.29, 1.82) is 0 Å². The lowest BCUT2D eigenvalue weighted by atomic mass is 9.98. The van der Waals surface area contributed by atoms with Crippen molar-refractivity contribution in [2.75, 3.05) is 44.2 Å². The first-order chi connectivity index (χ1) is 18.6. The van der Waals surface area contributed by atoms with Gasteiger partial charge in [-0.25, -0.2) is 18.6 Å². The van der Waals surface area contributed by atoms with E-state index in [9.17, 15) is 9.59 Å². The van der Waals surface area contributed by atoms with Gasteiger partial charge in [-0.1, -0.05) is 32.6 Å². The van der Waals surface area contributed by atoms with Gasteiger partial charge in [-0.3, -0.25) is 14.3 Å². The van der Waals surface area contributed by atoms with Gasteiger partial charge in [0.05, 0.1) is 38.2 Å². The van der Waals surface area contributed by atoms with Crippen LogP contribution in [0, 0.1) is 0 Å². The van der Waals surface area contributed by atoms with Crippen molar-refractivity contribution in [2.24, 2.45) is 0 Å². The molecule has 0 radical (unpaired) electrons. The number of piperidine rings is 1. The number of imidazole rings is 1. The van der Waals surface area contributed by atoms with Crippen LogP contribution in [-0.2, 0) is 21.0 Å². The molecule has 222 valence electrons. The smallest absolute Gasteiger partial charge is 0.410 e. The summed E-state index contributed by atoms with van der Waals surface area (Å²) in [4.78, 5) is 34.6. The number of aromatic nitrogens is 2. The van der Waals surface area contributed by atoms with Crippen LogP contribution in [0.4, 0.5) is 19.3 Å². The Balaban J connectivity index is 1.37. The van der Waals surface area contributed by atoms with E-state index in [1.807, 2.05) is 34.6 Å². The molecule has 1 amide bonds. The lowest BCUT2D eigenvalue weighted by Gasteiger charge is -2.46. The van der Waals surface area contributed by atoms with Crippen LogP contribution < -0.4 is 4.90 Å².